The molecule has 0 aliphatic rings. The van der Waals surface area contributed by atoms with Crippen molar-refractivity contribution in [2.24, 2.45) is 0 Å². The molecule has 0 unspecified atom stereocenters. The molecule has 6 nitrogen and oxygen atoms in total. The number of hydrogen-bond acceptors (Lipinski definition) is 4. The van der Waals surface area contributed by atoms with Crippen molar-refractivity contribution >= 4 is 29.6 Å². The molecule has 0 aliphatic carbocycles. The number of aromatic nitrogens is 2. The smallest absolute Gasteiger partial charge is 0.331 e. The second-order valence-corrected chi connectivity index (χ2v) is 8.03. The van der Waals surface area contributed by atoms with Gasteiger partial charge in [0.15, 0.2) is 6.61 Å². The number of esters is 1. The van der Waals surface area contributed by atoms with Gasteiger partial charge >= 0.3 is 5.97 Å². The Morgan fingerprint density at radius 3 is 2.46 bits per heavy atom. The zero-order valence-corrected chi connectivity index (χ0v) is 17.6. The third-order valence-electron chi connectivity index (χ3n) is 3.81. The first-order chi connectivity index (χ1) is 13.0. The van der Waals surface area contributed by atoms with Crippen molar-refractivity contribution in [1.29, 1.82) is 0 Å². The molecule has 0 saturated heterocycles. The van der Waals surface area contributed by atoms with E-state index >= 15 is 0 Å². The number of halogens is 1. The predicted octanol–water partition coefficient (Wildman–Crippen LogP) is 3.67. The quantitative estimate of drug-likeness (QED) is 0.590. The van der Waals surface area contributed by atoms with Crippen LogP contribution >= 0.6 is 11.6 Å². The molecule has 0 bridgehead atoms. The Hall–Kier alpha value is -2.60. The highest BCUT2D eigenvalue weighted by Gasteiger charge is 2.15. The Balaban J connectivity index is 1.99. The summed E-state index contributed by atoms with van der Waals surface area (Å²) in [5.41, 5.74) is 3.23. The van der Waals surface area contributed by atoms with Crippen LogP contribution in [0, 0.1) is 13.8 Å². The van der Waals surface area contributed by atoms with Gasteiger partial charge in [0, 0.05) is 17.2 Å². The number of nitrogens with one attached hydrogen (secondary N) is 1. The van der Waals surface area contributed by atoms with Gasteiger partial charge in [-0.15, -0.1) is 0 Å². The van der Waals surface area contributed by atoms with Gasteiger partial charge < -0.3 is 10.1 Å². The molecular formula is C21H26ClN3O3. The normalized spacial score (nSPS) is 11.6. The Labute approximate surface area is 170 Å². The molecule has 1 N–H and O–H groups in total. The maximum Gasteiger partial charge on any atom is 0.331 e. The van der Waals surface area contributed by atoms with E-state index in [1.807, 2.05) is 58.9 Å². The van der Waals surface area contributed by atoms with E-state index in [1.54, 1.807) is 10.8 Å². The van der Waals surface area contributed by atoms with E-state index in [0.717, 1.165) is 5.56 Å². The largest absolute Gasteiger partial charge is 0.452 e. The SMILES string of the molecule is Cc1ccc(Cn2nc(C)c(/C=C/C(=O)OCC(=O)NC(C)(C)C)c2Cl)cc1. The van der Waals surface area contributed by atoms with Crippen LogP contribution in [0.5, 0.6) is 0 Å². The monoisotopic (exact) mass is 403 g/mol. The summed E-state index contributed by atoms with van der Waals surface area (Å²) in [4.78, 5) is 23.6. The average Bonchev–Trinajstić information content (AvgIpc) is 2.85. The van der Waals surface area contributed by atoms with Crippen LogP contribution in [-0.2, 0) is 20.9 Å². The first-order valence-corrected chi connectivity index (χ1v) is 9.37. The number of carbonyl (C=O) groups excluding carboxylic acids is 2. The molecule has 1 aromatic heterocycles. The minimum atomic E-state index is -0.620. The van der Waals surface area contributed by atoms with E-state index in [-0.39, 0.29) is 18.1 Å². The predicted molar refractivity (Wildman–Crippen MR) is 110 cm³/mol. The molecule has 7 heteroatoms. The fourth-order valence-corrected chi connectivity index (χ4v) is 2.82. The van der Waals surface area contributed by atoms with Gasteiger partial charge in [-0.1, -0.05) is 41.4 Å². The molecule has 28 heavy (non-hydrogen) atoms. The summed E-state index contributed by atoms with van der Waals surface area (Å²) in [7, 11) is 0. The number of aryl methyl sites for hydroxylation is 2. The molecule has 1 heterocycles. The molecule has 0 spiro atoms. The highest BCUT2D eigenvalue weighted by Crippen LogP contribution is 2.22. The zero-order valence-electron chi connectivity index (χ0n) is 16.9. The minimum Gasteiger partial charge on any atom is -0.452 e. The molecule has 2 aromatic rings. The summed E-state index contributed by atoms with van der Waals surface area (Å²) in [5.74, 6) is -0.972. The Morgan fingerprint density at radius 2 is 1.86 bits per heavy atom. The van der Waals surface area contributed by atoms with Crippen LogP contribution in [0.3, 0.4) is 0 Å². The Morgan fingerprint density at radius 1 is 1.21 bits per heavy atom. The summed E-state index contributed by atoms with van der Waals surface area (Å²) in [6, 6.07) is 8.12. The first-order valence-electron chi connectivity index (χ1n) is 8.99. The lowest BCUT2D eigenvalue weighted by Gasteiger charge is -2.20. The highest BCUT2D eigenvalue weighted by molar-refractivity contribution is 6.31. The van der Waals surface area contributed by atoms with E-state index in [1.165, 1.54) is 11.6 Å². The van der Waals surface area contributed by atoms with Crippen LogP contribution in [0.25, 0.3) is 6.08 Å². The standard InChI is InChI=1S/C21H26ClN3O3/c1-14-6-8-16(9-7-14)12-25-20(22)17(15(2)24-25)10-11-19(27)28-13-18(26)23-21(3,4)5/h6-11H,12-13H2,1-5H3,(H,23,26)/b11-10+. The number of ether oxygens (including phenoxy) is 1. The molecule has 0 aliphatic heterocycles. The van der Waals surface area contributed by atoms with Crippen molar-refractivity contribution in [2.75, 3.05) is 6.61 Å². The Bertz CT molecular complexity index is 878. The molecule has 1 amide bonds. The summed E-state index contributed by atoms with van der Waals surface area (Å²) in [5, 5.41) is 7.60. The second kappa shape index (κ2) is 9.06. The number of carbonyl (C=O) groups is 2. The summed E-state index contributed by atoms with van der Waals surface area (Å²) in [6.07, 6.45) is 2.80. The topological polar surface area (TPSA) is 73.2 Å². The van der Waals surface area contributed by atoms with Crippen LogP contribution in [0.1, 0.15) is 43.2 Å². The van der Waals surface area contributed by atoms with Gasteiger partial charge in [0.05, 0.1) is 12.2 Å². The molecule has 1 aromatic carbocycles. The number of hydrogen-bond donors (Lipinski definition) is 1. The van der Waals surface area contributed by atoms with E-state index in [9.17, 15) is 9.59 Å². The Kier molecular flexibility index (Phi) is 7.02. The van der Waals surface area contributed by atoms with Crippen molar-refractivity contribution in [3.63, 3.8) is 0 Å². The van der Waals surface area contributed by atoms with Crippen LogP contribution in [0.2, 0.25) is 5.15 Å². The lowest BCUT2D eigenvalue weighted by molar-refractivity contribution is -0.144. The van der Waals surface area contributed by atoms with Gasteiger partial charge in [0.2, 0.25) is 0 Å². The van der Waals surface area contributed by atoms with Crippen LogP contribution in [-0.4, -0.2) is 33.8 Å². The molecule has 0 saturated carbocycles. The maximum absolute atomic E-state index is 11.9. The van der Waals surface area contributed by atoms with E-state index in [0.29, 0.717) is 23.0 Å². The van der Waals surface area contributed by atoms with Crippen molar-refractivity contribution in [2.45, 2.75) is 46.7 Å². The molecular weight excluding hydrogens is 378 g/mol. The second-order valence-electron chi connectivity index (χ2n) is 7.67. The van der Waals surface area contributed by atoms with E-state index < -0.39 is 5.97 Å². The lowest BCUT2D eigenvalue weighted by atomic mass is 10.1. The molecule has 2 rings (SSSR count). The van der Waals surface area contributed by atoms with Gasteiger partial charge in [-0.25, -0.2) is 9.48 Å². The number of benzene rings is 1. The van der Waals surface area contributed by atoms with Gasteiger partial charge in [-0.2, -0.15) is 5.10 Å². The first kappa shape index (κ1) is 21.7. The van der Waals surface area contributed by atoms with Gasteiger partial charge in [0.25, 0.3) is 5.91 Å². The van der Waals surface area contributed by atoms with Crippen molar-refractivity contribution in [1.82, 2.24) is 15.1 Å². The fraction of sp³-hybridized carbons (Fsp3) is 0.381. The third-order valence-corrected chi connectivity index (χ3v) is 4.21. The lowest BCUT2D eigenvalue weighted by Crippen LogP contribution is -2.42. The summed E-state index contributed by atoms with van der Waals surface area (Å²) in [6.45, 7) is 9.61. The molecule has 150 valence electrons. The summed E-state index contributed by atoms with van der Waals surface area (Å²) >= 11 is 6.43. The fourth-order valence-electron chi connectivity index (χ4n) is 2.52. The van der Waals surface area contributed by atoms with Crippen LogP contribution < -0.4 is 5.32 Å². The third kappa shape index (κ3) is 6.53. The van der Waals surface area contributed by atoms with Gasteiger partial charge in [0.1, 0.15) is 5.15 Å². The number of amides is 1. The molecule has 0 atom stereocenters. The van der Waals surface area contributed by atoms with Gasteiger partial charge in [-0.05, 0) is 46.3 Å². The minimum absolute atomic E-state index is 0.333. The van der Waals surface area contributed by atoms with Crippen molar-refractivity contribution in [3.05, 3.63) is 57.9 Å². The molecule has 0 fully saturated rings. The van der Waals surface area contributed by atoms with E-state index in [4.69, 9.17) is 16.3 Å². The van der Waals surface area contributed by atoms with Crippen LogP contribution in [0.15, 0.2) is 30.3 Å². The van der Waals surface area contributed by atoms with E-state index in [2.05, 4.69) is 10.4 Å². The highest BCUT2D eigenvalue weighted by atomic mass is 35.5. The number of nitrogens with zero attached hydrogens (tertiary/aromatic N) is 2. The van der Waals surface area contributed by atoms with Gasteiger partial charge in [-0.3, -0.25) is 4.79 Å². The average molecular weight is 404 g/mol. The number of rotatable bonds is 6. The zero-order chi connectivity index (χ0) is 20.9. The van der Waals surface area contributed by atoms with Crippen molar-refractivity contribution < 1.29 is 14.3 Å². The maximum atomic E-state index is 11.9. The van der Waals surface area contributed by atoms with Crippen LogP contribution in [0.4, 0.5) is 0 Å². The van der Waals surface area contributed by atoms with Crippen molar-refractivity contribution in [3.8, 4) is 0 Å². The summed E-state index contributed by atoms with van der Waals surface area (Å²) < 4.78 is 6.64. The molecule has 0 radical (unpaired) electrons.